The van der Waals surface area contributed by atoms with E-state index in [1.165, 1.54) is 0 Å². The molecule has 0 bridgehead atoms. The lowest BCUT2D eigenvalue weighted by atomic mass is 9.96. The summed E-state index contributed by atoms with van der Waals surface area (Å²) in [6, 6.07) is 0. The van der Waals surface area contributed by atoms with Crippen LogP contribution in [0.5, 0.6) is 0 Å². The van der Waals surface area contributed by atoms with E-state index in [-0.39, 0.29) is 0 Å². The van der Waals surface area contributed by atoms with E-state index in [0.717, 1.165) is 32.6 Å². The Bertz CT molecular complexity index is 231. The molecule has 2 aliphatic heterocycles. The topological polar surface area (TPSA) is 61.8 Å². The Morgan fingerprint density at radius 2 is 2.27 bits per heavy atom. The summed E-state index contributed by atoms with van der Waals surface area (Å²) in [4.78, 5) is 13.5. The van der Waals surface area contributed by atoms with Crippen LogP contribution in [0.1, 0.15) is 12.8 Å². The van der Waals surface area contributed by atoms with Crippen LogP contribution in [-0.2, 0) is 9.53 Å². The lowest BCUT2D eigenvalue weighted by Gasteiger charge is -2.35. The molecule has 15 heavy (non-hydrogen) atoms. The molecule has 5 heteroatoms. The maximum atomic E-state index is 11.4. The van der Waals surface area contributed by atoms with E-state index >= 15 is 0 Å². The van der Waals surface area contributed by atoms with E-state index in [9.17, 15) is 9.90 Å². The fourth-order valence-electron chi connectivity index (χ4n) is 2.38. The molecule has 2 saturated heterocycles. The van der Waals surface area contributed by atoms with Crippen LogP contribution in [0.25, 0.3) is 0 Å². The third kappa shape index (κ3) is 2.00. The van der Waals surface area contributed by atoms with Crippen LogP contribution in [-0.4, -0.2) is 60.9 Å². The summed E-state index contributed by atoms with van der Waals surface area (Å²) in [5.74, 6) is -0.734. The molecule has 2 rings (SSSR count). The maximum Gasteiger partial charge on any atom is 0.326 e. The molecule has 0 saturated carbocycles. The average molecular weight is 214 g/mol. The summed E-state index contributed by atoms with van der Waals surface area (Å²) in [7, 11) is 0. The van der Waals surface area contributed by atoms with Crippen molar-refractivity contribution in [3.63, 3.8) is 0 Å². The number of nitrogens with one attached hydrogen (secondary N) is 1. The second-order valence-electron chi connectivity index (χ2n) is 4.23. The Morgan fingerprint density at radius 1 is 1.40 bits per heavy atom. The monoisotopic (exact) mass is 214 g/mol. The molecule has 86 valence electrons. The van der Waals surface area contributed by atoms with Crippen molar-refractivity contribution < 1.29 is 14.6 Å². The fourth-order valence-corrected chi connectivity index (χ4v) is 2.38. The van der Waals surface area contributed by atoms with Gasteiger partial charge in [-0.25, -0.2) is 0 Å². The van der Waals surface area contributed by atoms with Crippen molar-refractivity contribution in [3.05, 3.63) is 0 Å². The smallest absolute Gasteiger partial charge is 0.326 e. The molecule has 2 N–H and O–H groups in total. The van der Waals surface area contributed by atoms with Crippen LogP contribution in [0, 0.1) is 0 Å². The maximum absolute atomic E-state index is 11.4. The van der Waals surface area contributed by atoms with Crippen molar-refractivity contribution in [2.45, 2.75) is 18.4 Å². The van der Waals surface area contributed by atoms with Gasteiger partial charge in [-0.3, -0.25) is 9.69 Å². The van der Waals surface area contributed by atoms with Crippen LogP contribution in [0.15, 0.2) is 0 Å². The predicted octanol–water partition coefficient (Wildman–Crippen LogP) is -0.475. The van der Waals surface area contributed by atoms with Gasteiger partial charge in [0.2, 0.25) is 0 Å². The quantitative estimate of drug-likeness (QED) is 0.650. The second kappa shape index (κ2) is 4.47. The summed E-state index contributed by atoms with van der Waals surface area (Å²) in [5.41, 5.74) is -0.758. The van der Waals surface area contributed by atoms with Crippen LogP contribution in [0.3, 0.4) is 0 Å². The first kappa shape index (κ1) is 10.9. The zero-order valence-electron chi connectivity index (χ0n) is 8.87. The Balaban J connectivity index is 2.12. The Kier molecular flexibility index (Phi) is 3.23. The van der Waals surface area contributed by atoms with Gasteiger partial charge in [0.1, 0.15) is 5.54 Å². The molecule has 0 amide bonds. The zero-order chi connectivity index (χ0) is 10.7. The van der Waals surface area contributed by atoms with E-state index in [0.29, 0.717) is 19.6 Å². The number of ether oxygens (including phenoxy) is 1. The first-order valence-corrected chi connectivity index (χ1v) is 5.53. The van der Waals surface area contributed by atoms with Crippen LogP contribution in [0.4, 0.5) is 0 Å². The molecule has 2 aliphatic rings. The summed E-state index contributed by atoms with van der Waals surface area (Å²) < 4.78 is 5.27. The number of rotatable bonds is 2. The first-order chi connectivity index (χ1) is 7.26. The molecule has 0 aromatic carbocycles. The minimum absolute atomic E-state index is 0.336. The van der Waals surface area contributed by atoms with E-state index < -0.39 is 11.5 Å². The molecule has 2 heterocycles. The molecule has 2 fully saturated rings. The van der Waals surface area contributed by atoms with Gasteiger partial charge in [-0.15, -0.1) is 0 Å². The lowest BCUT2D eigenvalue weighted by molar-refractivity contribution is -0.151. The molecule has 0 aromatic heterocycles. The minimum Gasteiger partial charge on any atom is -0.480 e. The van der Waals surface area contributed by atoms with Gasteiger partial charge < -0.3 is 15.2 Å². The van der Waals surface area contributed by atoms with Gasteiger partial charge in [0.25, 0.3) is 0 Å². The highest BCUT2D eigenvalue weighted by molar-refractivity contribution is 5.79. The van der Waals surface area contributed by atoms with Crippen molar-refractivity contribution in [1.82, 2.24) is 10.2 Å². The van der Waals surface area contributed by atoms with Gasteiger partial charge in [0.15, 0.2) is 0 Å². The third-order valence-electron chi connectivity index (χ3n) is 3.34. The number of aliphatic carboxylic acids is 1. The molecular weight excluding hydrogens is 196 g/mol. The van der Waals surface area contributed by atoms with Crippen molar-refractivity contribution in [3.8, 4) is 0 Å². The Hall–Kier alpha value is -0.650. The number of hydrogen-bond donors (Lipinski definition) is 2. The summed E-state index contributed by atoms with van der Waals surface area (Å²) in [6.07, 6.45) is 1.62. The van der Waals surface area contributed by atoms with E-state index in [2.05, 4.69) is 10.2 Å². The van der Waals surface area contributed by atoms with Crippen molar-refractivity contribution in [2.75, 3.05) is 39.4 Å². The molecule has 5 nitrogen and oxygen atoms in total. The van der Waals surface area contributed by atoms with Gasteiger partial charge >= 0.3 is 5.97 Å². The largest absolute Gasteiger partial charge is 0.480 e. The molecular formula is C10H18N2O3. The number of nitrogens with zero attached hydrogens (tertiary/aromatic N) is 1. The fraction of sp³-hybridized carbons (Fsp3) is 0.900. The van der Waals surface area contributed by atoms with Crippen LogP contribution >= 0.6 is 0 Å². The van der Waals surface area contributed by atoms with Crippen LogP contribution < -0.4 is 5.32 Å². The highest BCUT2D eigenvalue weighted by Gasteiger charge is 2.47. The highest BCUT2D eigenvalue weighted by Crippen LogP contribution is 2.27. The number of carboxylic acid groups (broad SMARTS) is 1. The highest BCUT2D eigenvalue weighted by atomic mass is 16.5. The van der Waals surface area contributed by atoms with Gasteiger partial charge in [-0.1, -0.05) is 0 Å². The van der Waals surface area contributed by atoms with Crippen molar-refractivity contribution in [1.29, 1.82) is 0 Å². The summed E-state index contributed by atoms with van der Waals surface area (Å²) >= 11 is 0. The number of carboxylic acids is 1. The van der Waals surface area contributed by atoms with Crippen LogP contribution in [0.2, 0.25) is 0 Å². The summed E-state index contributed by atoms with van der Waals surface area (Å²) in [5, 5.41) is 12.6. The number of carbonyl (C=O) groups is 1. The molecule has 0 radical (unpaired) electrons. The van der Waals surface area contributed by atoms with E-state index in [1.54, 1.807) is 0 Å². The second-order valence-corrected chi connectivity index (χ2v) is 4.23. The molecule has 0 aromatic rings. The van der Waals surface area contributed by atoms with Gasteiger partial charge in [-0.2, -0.15) is 0 Å². The molecule has 0 spiro atoms. The van der Waals surface area contributed by atoms with Crippen molar-refractivity contribution >= 4 is 5.97 Å². The van der Waals surface area contributed by atoms with Gasteiger partial charge in [0.05, 0.1) is 6.61 Å². The average Bonchev–Trinajstić information content (AvgIpc) is 2.56. The van der Waals surface area contributed by atoms with Gasteiger partial charge in [0, 0.05) is 32.7 Å². The standard InChI is InChI=1S/C10H18N2O3/c13-9(14)10(2-7-15-8-10)12-5-1-3-11-4-6-12/h11H,1-8H2,(H,13,14). The minimum atomic E-state index is -0.758. The zero-order valence-corrected chi connectivity index (χ0v) is 8.87. The third-order valence-corrected chi connectivity index (χ3v) is 3.34. The molecule has 0 aliphatic carbocycles. The Morgan fingerprint density at radius 3 is 2.93 bits per heavy atom. The summed E-state index contributed by atoms with van der Waals surface area (Å²) in [6.45, 7) is 4.40. The Labute approximate surface area is 89.4 Å². The normalized spacial score (nSPS) is 33.9. The van der Waals surface area contributed by atoms with E-state index in [1.807, 2.05) is 0 Å². The molecule has 1 unspecified atom stereocenters. The first-order valence-electron chi connectivity index (χ1n) is 5.53. The van der Waals surface area contributed by atoms with E-state index in [4.69, 9.17) is 4.74 Å². The molecule has 1 atom stereocenters. The predicted molar refractivity (Wildman–Crippen MR) is 54.9 cm³/mol. The van der Waals surface area contributed by atoms with Gasteiger partial charge in [-0.05, 0) is 13.0 Å². The van der Waals surface area contributed by atoms with Crippen molar-refractivity contribution in [2.24, 2.45) is 0 Å². The SMILES string of the molecule is O=C(O)C1(N2CCCNCC2)CCOC1. The lowest BCUT2D eigenvalue weighted by Crippen LogP contribution is -2.56. The number of hydrogen-bond acceptors (Lipinski definition) is 4.